The summed E-state index contributed by atoms with van der Waals surface area (Å²) >= 11 is 3.21. The quantitative estimate of drug-likeness (QED) is 0.938. The van der Waals surface area contributed by atoms with Crippen LogP contribution in [0.3, 0.4) is 0 Å². The molecular weight excluding hydrogens is 319 g/mol. The van der Waals surface area contributed by atoms with Gasteiger partial charge in [-0.25, -0.2) is 14.2 Å². The van der Waals surface area contributed by atoms with E-state index in [0.717, 1.165) is 0 Å². The average Bonchev–Trinajstić information content (AvgIpc) is 2.40. The fourth-order valence-corrected chi connectivity index (χ4v) is 1.79. The van der Waals surface area contributed by atoms with Crippen LogP contribution < -0.4 is 4.74 Å². The molecular formula is C12H8BrFN2O3. The van der Waals surface area contributed by atoms with Crippen LogP contribution >= 0.6 is 15.9 Å². The van der Waals surface area contributed by atoms with Crippen LogP contribution in [-0.2, 0) is 0 Å². The van der Waals surface area contributed by atoms with Gasteiger partial charge in [-0.15, -0.1) is 0 Å². The highest BCUT2D eigenvalue weighted by atomic mass is 79.9. The van der Waals surface area contributed by atoms with Crippen molar-refractivity contribution < 1.29 is 19.0 Å². The first-order valence-corrected chi connectivity index (χ1v) is 5.92. The van der Waals surface area contributed by atoms with Crippen LogP contribution in [0.15, 0.2) is 28.7 Å². The molecule has 1 N–H and O–H groups in total. The minimum atomic E-state index is -1.24. The van der Waals surface area contributed by atoms with Crippen molar-refractivity contribution >= 4 is 21.9 Å². The van der Waals surface area contributed by atoms with E-state index in [-0.39, 0.29) is 23.0 Å². The van der Waals surface area contributed by atoms with Crippen LogP contribution in [0.25, 0.3) is 11.4 Å². The van der Waals surface area contributed by atoms with Gasteiger partial charge in [0.1, 0.15) is 5.82 Å². The summed E-state index contributed by atoms with van der Waals surface area (Å²) in [5.74, 6) is -1.78. The molecule has 0 spiro atoms. The Hall–Kier alpha value is -2.02. The molecule has 1 aromatic heterocycles. The summed E-state index contributed by atoms with van der Waals surface area (Å²) in [5.41, 5.74) is -0.169. The average molecular weight is 327 g/mol. The number of benzene rings is 1. The summed E-state index contributed by atoms with van der Waals surface area (Å²) in [6.07, 6.45) is 0. The molecule has 0 fully saturated rings. The van der Waals surface area contributed by atoms with Gasteiger partial charge in [-0.2, -0.15) is 4.98 Å². The van der Waals surface area contributed by atoms with Gasteiger partial charge in [0.2, 0.25) is 5.88 Å². The van der Waals surface area contributed by atoms with Crippen molar-refractivity contribution in [1.29, 1.82) is 0 Å². The molecule has 2 rings (SSSR count). The van der Waals surface area contributed by atoms with Crippen molar-refractivity contribution in [2.45, 2.75) is 0 Å². The Morgan fingerprint density at radius 1 is 1.37 bits per heavy atom. The fourth-order valence-electron chi connectivity index (χ4n) is 1.43. The number of carboxylic acids is 1. The van der Waals surface area contributed by atoms with Gasteiger partial charge in [-0.3, -0.25) is 0 Å². The van der Waals surface area contributed by atoms with Gasteiger partial charge in [0.05, 0.1) is 12.7 Å². The highest BCUT2D eigenvalue weighted by Crippen LogP contribution is 2.25. The van der Waals surface area contributed by atoms with Crippen molar-refractivity contribution in [3.8, 4) is 17.3 Å². The molecule has 7 heteroatoms. The number of aromatic nitrogens is 2. The summed E-state index contributed by atoms with van der Waals surface area (Å²) in [4.78, 5) is 18.7. The molecule has 19 heavy (non-hydrogen) atoms. The van der Waals surface area contributed by atoms with E-state index in [1.165, 1.54) is 31.4 Å². The summed E-state index contributed by atoms with van der Waals surface area (Å²) in [7, 11) is 1.34. The maximum atomic E-state index is 13.7. The van der Waals surface area contributed by atoms with Gasteiger partial charge in [0.15, 0.2) is 11.5 Å². The van der Waals surface area contributed by atoms with Crippen LogP contribution in [0, 0.1) is 5.82 Å². The third-order valence-electron chi connectivity index (χ3n) is 2.30. The lowest BCUT2D eigenvalue weighted by atomic mass is 10.2. The predicted molar refractivity (Wildman–Crippen MR) is 68.6 cm³/mol. The standard InChI is InChI=1S/C12H8BrFN2O3/c1-19-10-5-9(12(17)18)15-11(16-10)7-4-6(13)2-3-8(7)14/h2-5H,1H3,(H,17,18). The van der Waals surface area contributed by atoms with Crippen molar-refractivity contribution in [1.82, 2.24) is 9.97 Å². The third kappa shape index (κ3) is 2.87. The monoisotopic (exact) mass is 326 g/mol. The number of rotatable bonds is 3. The van der Waals surface area contributed by atoms with E-state index >= 15 is 0 Å². The second kappa shape index (κ2) is 5.31. The number of methoxy groups -OCH3 is 1. The largest absolute Gasteiger partial charge is 0.481 e. The summed E-state index contributed by atoms with van der Waals surface area (Å²) in [5, 5.41) is 8.95. The molecule has 5 nitrogen and oxygen atoms in total. The molecule has 98 valence electrons. The zero-order valence-corrected chi connectivity index (χ0v) is 11.3. The molecule has 0 aliphatic rings. The van der Waals surface area contributed by atoms with Crippen LogP contribution in [0.5, 0.6) is 5.88 Å². The first-order chi connectivity index (χ1) is 9.01. The zero-order chi connectivity index (χ0) is 14.0. The number of hydrogen-bond acceptors (Lipinski definition) is 4. The second-order valence-electron chi connectivity index (χ2n) is 3.55. The molecule has 0 aliphatic carbocycles. The van der Waals surface area contributed by atoms with Crippen LogP contribution in [-0.4, -0.2) is 28.2 Å². The Morgan fingerprint density at radius 2 is 2.11 bits per heavy atom. The van der Waals surface area contributed by atoms with Gasteiger partial charge >= 0.3 is 5.97 Å². The molecule has 1 heterocycles. The lowest BCUT2D eigenvalue weighted by molar-refractivity contribution is 0.0690. The molecule has 0 unspecified atom stereocenters. The Morgan fingerprint density at radius 3 is 2.74 bits per heavy atom. The second-order valence-corrected chi connectivity index (χ2v) is 4.46. The smallest absolute Gasteiger partial charge is 0.354 e. The van der Waals surface area contributed by atoms with E-state index in [4.69, 9.17) is 9.84 Å². The van der Waals surface area contributed by atoms with Crippen LogP contribution in [0.4, 0.5) is 4.39 Å². The molecule has 2 aromatic rings. The number of aromatic carboxylic acids is 1. The fraction of sp³-hybridized carbons (Fsp3) is 0.0833. The van der Waals surface area contributed by atoms with Crippen LogP contribution in [0.2, 0.25) is 0 Å². The molecule has 0 aliphatic heterocycles. The first kappa shape index (κ1) is 13.4. The van der Waals surface area contributed by atoms with Gasteiger partial charge in [-0.1, -0.05) is 15.9 Å². The van der Waals surface area contributed by atoms with Crippen molar-refractivity contribution in [2.75, 3.05) is 7.11 Å². The van der Waals surface area contributed by atoms with E-state index in [0.29, 0.717) is 4.47 Å². The number of halogens is 2. The van der Waals surface area contributed by atoms with Crippen molar-refractivity contribution in [3.05, 3.63) is 40.2 Å². The van der Waals surface area contributed by atoms with E-state index in [9.17, 15) is 9.18 Å². The molecule has 0 radical (unpaired) electrons. The maximum absolute atomic E-state index is 13.7. The maximum Gasteiger partial charge on any atom is 0.354 e. The predicted octanol–water partition coefficient (Wildman–Crippen LogP) is 2.75. The molecule has 0 saturated heterocycles. The van der Waals surface area contributed by atoms with E-state index < -0.39 is 11.8 Å². The normalized spacial score (nSPS) is 10.3. The summed E-state index contributed by atoms with van der Waals surface area (Å²) in [6, 6.07) is 5.40. The number of ether oxygens (including phenoxy) is 1. The Labute approximate surface area is 116 Å². The summed E-state index contributed by atoms with van der Waals surface area (Å²) in [6.45, 7) is 0. The van der Waals surface area contributed by atoms with E-state index in [1.54, 1.807) is 0 Å². The molecule has 0 bridgehead atoms. The minimum absolute atomic E-state index is 0.0458. The van der Waals surface area contributed by atoms with E-state index in [1.807, 2.05) is 0 Å². The molecule has 0 atom stereocenters. The summed E-state index contributed by atoms with van der Waals surface area (Å²) < 4.78 is 19.3. The number of carboxylic acid groups (broad SMARTS) is 1. The Balaban J connectivity index is 2.64. The molecule has 1 aromatic carbocycles. The lowest BCUT2D eigenvalue weighted by Crippen LogP contribution is -2.05. The van der Waals surface area contributed by atoms with Gasteiger partial charge in [-0.05, 0) is 18.2 Å². The van der Waals surface area contributed by atoms with Gasteiger partial charge < -0.3 is 9.84 Å². The Bertz CT molecular complexity index is 649. The van der Waals surface area contributed by atoms with E-state index in [2.05, 4.69) is 25.9 Å². The van der Waals surface area contributed by atoms with Crippen LogP contribution in [0.1, 0.15) is 10.5 Å². The van der Waals surface area contributed by atoms with Crippen molar-refractivity contribution in [3.63, 3.8) is 0 Å². The zero-order valence-electron chi connectivity index (χ0n) is 9.72. The topological polar surface area (TPSA) is 72.3 Å². The SMILES string of the molecule is COc1cc(C(=O)O)nc(-c2cc(Br)ccc2F)n1. The van der Waals surface area contributed by atoms with Gasteiger partial charge in [0, 0.05) is 10.5 Å². The highest BCUT2D eigenvalue weighted by molar-refractivity contribution is 9.10. The highest BCUT2D eigenvalue weighted by Gasteiger charge is 2.15. The van der Waals surface area contributed by atoms with Crippen molar-refractivity contribution in [2.24, 2.45) is 0 Å². The number of hydrogen-bond donors (Lipinski definition) is 1. The van der Waals surface area contributed by atoms with Gasteiger partial charge in [0.25, 0.3) is 0 Å². The third-order valence-corrected chi connectivity index (χ3v) is 2.79. The number of carbonyl (C=O) groups is 1. The first-order valence-electron chi connectivity index (χ1n) is 5.13. The minimum Gasteiger partial charge on any atom is -0.481 e. The number of nitrogens with zero attached hydrogens (tertiary/aromatic N) is 2. The lowest BCUT2D eigenvalue weighted by Gasteiger charge is -2.06. The molecule has 0 amide bonds. The molecule has 0 saturated carbocycles. The Kier molecular flexibility index (Phi) is 3.75.